The summed E-state index contributed by atoms with van der Waals surface area (Å²) >= 11 is 9.87. The number of hydrogen-bond donors (Lipinski definition) is 0. The van der Waals surface area contributed by atoms with Gasteiger partial charge in [-0.1, -0.05) is 54.4 Å². The lowest BCUT2D eigenvalue weighted by Gasteiger charge is -2.29. The summed E-state index contributed by atoms with van der Waals surface area (Å²) in [4.78, 5) is 0.299. The molecule has 90 valence electrons. The van der Waals surface area contributed by atoms with E-state index >= 15 is 0 Å². The Kier molecular flexibility index (Phi) is 4.69. The molecule has 0 aromatic heterocycles. The molecule has 0 saturated carbocycles. The smallest absolute Gasteiger partial charge is 0.137 e. The fraction of sp³-hybridized carbons (Fsp3) is 0.538. The van der Waals surface area contributed by atoms with Gasteiger partial charge in [0.1, 0.15) is 5.75 Å². The van der Waals surface area contributed by atoms with Crippen LogP contribution in [0.2, 0.25) is 5.02 Å². The molecule has 1 aromatic rings. The van der Waals surface area contributed by atoms with E-state index < -0.39 is 0 Å². The third kappa shape index (κ3) is 2.92. The van der Waals surface area contributed by atoms with Gasteiger partial charge in [0, 0.05) is 4.83 Å². The Labute approximate surface area is 111 Å². The van der Waals surface area contributed by atoms with Crippen LogP contribution in [0.25, 0.3) is 0 Å². The molecule has 1 atom stereocenters. The van der Waals surface area contributed by atoms with Gasteiger partial charge in [0.05, 0.1) is 12.1 Å². The highest BCUT2D eigenvalue weighted by molar-refractivity contribution is 9.09. The van der Waals surface area contributed by atoms with Crippen molar-refractivity contribution in [3.8, 4) is 5.75 Å². The molecule has 0 spiro atoms. The maximum absolute atomic E-state index is 6.12. The SMILES string of the molecule is CCC(C)(C)C(Br)c1ccc(OC)c(Cl)c1. The summed E-state index contributed by atoms with van der Waals surface area (Å²) in [6, 6.07) is 5.94. The average molecular weight is 306 g/mol. The second-order valence-corrected chi connectivity index (χ2v) is 5.92. The molecule has 0 saturated heterocycles. The van der Waals surface area contributed by atoms with Crippen molar-refractivity contribution in [3.63, 3.8) is 0 Å². The van der Waals surface area contributed by atoms with Gasteiger partial charge in [0.25, 0.3) is 0 Å². The fourth-order valence-corrected chi connectivity index (χ4v) is 2.35. The zero-order chi connectivity index (χ0) is 12.3. The van der Waals surface area contributed by atoms with Crippen LogP contribution in [-0.2, 0) is 0 Å². The molecule has 0 heterocycles. The third-order valence-electron chi connectivity index (χ3n) is 3.07. The van der Waals surface area contributed by atoms with Crippen LogP contribution in [0.3, 0.4) is 0 Å². The van der Waals surface area contributed by atoms with Gasteiger partial charge in [-0.15, -0.1) is 0 Å². The molecular formula is C13H18BrClO. The topological polar surface area (TPSA) is 9.23 Å². The lowest BCUT2D eigenvalue weighted by molar-refractivity contribution is 0.345. The van der Waals surface area contributed by atoms with Gasteiger partial charge < -0.3 is 4.74 Å². The molecule has 16 heavy (non-hydrogen) atoms. The van der Waals surface area contributed by atoms with Gasteiger partial charge in [0.15, 0.2) is 0 Å². The van der Waals surface area contributed by atoms with Gasteiger partial charge in [-0.05, 0) is 29.5 Å². The molecule has 0 radical (unpaired) electrons. The summed E-state index contributed by atoms with van der Waals surface area (Å²) in [5, 5.41) is 0.663. The van der Waals surface area contributed by atoms with E-state index in [0.717, 1.165) is 12.2 Å². The summed E-state index contributed by atoms with van der Waals surface area (Å²) < 4.78 is 5.14. The van der Waals surface area contributed by atoms with Gasteiger partial charge in [-0.25, -0.2) is 0 Å². The first-order valence-corrected chi connectivity index (χ1v) is 6.69. The molecule has 1 unspecified atom stereocenters. The monoisotopic (exact) mass is 304 g/mol. The first-order valence-electron chi connectivity index (χ1n) is 5.40. The fourth-order valence-electron chi connectivity index (χ4n) is 1.47. The minimum absolute atomic E-state index is 0.206. The standard InChI is InChI=1S/C13H18BrClO/c1-5-13(2,3)12(14)9-6-7-11(16-4)10(15)8-9/h6-8,12H,5H2,1-4H3. The Morgan fingerprint density at radius 2 is 2.06 bits per heavy atom. The molecule has 0 aliphatic heterocycles. The first-order chi connectivity index (χ1) is 7.42. The van der Waals surface area contributed by atoms with E-state index in [1.54, 1.807) is 7.11 Å². The Hall–Kier alpha value is -0.210. The van der Waals surface area contributed by atoms with Crippen LogP contribution < -0.4 is 4.74 Å². The number of alkyl halides is 1. The molecule has 0 bridgehead atoms. The first kappa shape index (κ1) is 13.9. The van der Waals surface area contributed by atoms with Crippen molar-refractivity contribution in [1.29, 1.82) is 0 Å². The Bertz CT molecular complexity index is 363. The highest BCUT2D eigenvalue weighted by Gasteiger charge is 2.27. The average Bonchev–Trinajstić information content (AvgIpc) is 2.27. The van der Waals surface area contributed by atoms with Crippen molar-refractivity contribution >= 4 is 27.5 Å². The quantitative estimate of drug-likeness (QED) is 0.693. The maximum atomic E-state index is 6.12. The number of hydrogen-bond acceptors (Lipinski definition) is 1. The molecule has 1 aromatic carbocycles. The van der Waals surface area contributed by atoms with E-state index in [2.05, 4.69) is 42.8 Å². The minimum atomic E-state index is 0.206. The van der Waals surface area contributed by atoms with Gasteiger partial charge in [-0.2, -0.15) is 0 Å². The van der Waals surface area contributed by atoms with Crippen LogP contribution in [-0.4, -0.2) is 7.11 Å². The minimum Gasteiger partial charge on any atom is -0.495 e. The Morgan fingerprint density at radius 1 is 1.44 bits per heavy atom. The number of rotatable bonds is 4. The summed E-state index contributed by atoms with van der Waals surface area (Å²) in [6.45, 7) is 6.68. The van der Waals surface area contributed by atoms with Crippen LogP contribution in [0, 0.1) is 5.41 Å². The highest BCUT2D eigenvalue weighted by Crippen LogP contribution is 2.44. The van der Waals surface area contributed by atoms with Crippen molar-refractivity contribution in [2.45, 2.75) is 32.0 Å². The molecule has 3 heteroatoms. The van der Waals surface area contributed by atoms with Crippen LogP contribution in [0.5, 0.6) is 5.75 Å². The van der Waals surface area contributed by atoms with Crippen LogP contribution in [0.4, 0.5) is 0 Å². The van der Waals surface area contributed by atoms with Gasteiger partial charge >= 0.3 is 0 Å². The van der Waals surface area contributed by atoms with Crippen molar-refractivity contribution in [3.05, 3.63) is 28.8 Å². The maximum Gasteiger partial charge on any atom is 0.137 e. The van der Waals surface area contributed by atoms with Crippen molar-refractivity contribution < 1.29 is 4.74 Å². The molecular weight excluding hydrogens is 287 g/mol. The number of ether oxygens (including phenoxy) is 1. The van der Waals surface area contributed by atoms with Gasteiger partial charge in [-0.3, -0.25) is 0 Å². The highest BCUT2D eigenvalue weighted by atomic mass is 79.9. The van der Waals surface area contributed by atoms with Crippen molar-refractivity contribution in [1.82, 2.24) is 0 Å². The Balaban J connectivity index is 3.02. The van der Waals surface area contributed by atoms with E-state index in [1.807, 2.05) is 12.1 Å². The number of halogens is 2. The van der Waals surface area contributed by atoms with E-state index in [4.69, 9.17) is 16.3 Å². The summed E-state index contributed by atoms with van der Waals surface area (Å²) in [6.07, 6.45) is 1.10. The molecule has 0 N–H and O–H groups in total. The number of benzene rings is 1. The van der Waals surface area contributed by atoms with E-state index in [9.17, 15) is 0 Å². The van der Waals surface area contributed by atoms with Crippen LogP contribution in [0.1, 0.15) is 37.6 Å². The van der Waals surface area contributed by atoms with Crippen LogP contribution >= 0.6 is 27.5 Å². The van der Waals surface area contributed by atoms with Gasteiger partial charge in [0.2, 0.25) is 0 Å². The lowest BCUT2D eigenvalue weighted by atomic mass is 9.83. The third-order valence-corrected chi connectivity index (χ3v) is 5.13. The van der Waals surface area contributed by atoms with E-state index in [0.29, 0.717) is 9.85 Å². The lowest BCUT2D eigenvalue weighted by Crippen LogP contribution is -2.16. The number of methoxy groups -OCH3 is 1. The largest absolute Gasteiger partial charge is 0.495 e. The molecule has 1 rings (SSSR count). The summed E-state index contributed by atoms with van der Waals surface area (Å²) in [5.41, 5.74) is 1.40. The van der Waals surface area contributed by atoms with E-state index in [-0.39, 0.29) is 5.41 Å². The van der Waals surface area contributed by atoms with Crippen molar-refractivity contribution in [2.24, 2.45) is 5.41 Å². The molecule has 0 fully saturated rings. The second kappa shape index (κ2) is 5.42. The zero-order valence-corrected chi connectivity index (χ0v) is 12.5. The predicted octanol–water partition coefficient (Wildman–Crippen LogP) is 5.22. The van der Waals surface area contributed by atoms with E-state index in [1.165, 1.54) is 5.56 Å². The Morgan fingerprint density at radius 3 is 2.50 bits per heavy atom. The molecule has 0 amide bonds. The van der Waals surface area contributed by atoms with Crippen molar-refractivity contribution in [2.75, 3.05) is 7.11 Å². The zero-order valence-electron chi connectivity index (χ0n) is 10.2. The second-order valence-electron chi connectivity index (χ2n) is 4.60. The summed E-state index contributed by atoms with van der Waals surface area (Å²) in [5.74, 6) is 0.722. The normalized spacial score (nSPS) is 13.6. The molecule has 0 aliphatic carbocycles. The molecule has 0 aliphatic rings. The summed E-state index contributed by atoms with van der Waals surface area (Å²) in [7, 11) is 1.63. The molecule has 1 nitrogen and oxygen atoms in total. The predicted molar refractivity (Wildman–Crippen MR) is 73.7 cm³/mol. The van der Waals surface area contributed by atoms with Crippen LogP contribution in [0.15, 0.2) is 18.2 Å².